The smallest absolute Gasteiger partial charge is 0.420 e. The second-order valence-corrected chi connectivity index (χ2v) is 8.90. The van der Waals surface area contributed by atoms with Gasteiger partial charge < -0.3 is 14.8 Å². The van der Waals surface area contributed by atoms with E-state index < -0.39 is 28.3 Å². The SMILES string of the molecule is CCOc1cc(OC)cc2ncnc(NCC(C)(ONS(=O)(=O)c3ccccc3)C(F)(F)F)c12. The predicted molar refractivity (Wildman–Crippen MR) is 118 cm³/mol. The number of halogens is 3. The van der Waals surface area contributed by atoms with Crippen molar-refractivity contribution in [2.24, 2.45) is 0 Å². The van der Waals surface area contributed by atoms with Crippen LogP contribution in [0.4, 0.5) is 19.0 Å². The molecule has 2 N–H and O–H groups in total. The Morgan fingerprint density at radius 3 is 2.41 bits per heavy atom. The van der Waals surface area contributed by atoms with E-state index in [9.17, 15) is 21.6 Å². The van der Waals surface area contributed by atoms with Crippen LogP contribution in [0.15, 0.2) is 53.7 Å². The highest BCUT2D eigenvalue weighted by Gasteiger charge is 2.54. The summed E-state index contributed by atoms with van der Waals surface area (Å²) < 4.78 is 77.3. The van der Waals surface area contributed by atoms with Gasteiger partial charge in [-0.3, -0.25) is 4.84 Å². The third-order valence-electron chi connectivity index (χ3n) is 4.83. The quantitative estimate of drug-likeness (QED) is 0.406. The molecule has 0 bridgehead atoms. The van der Waals surface area contributed by atoms with Crippen LogP contribution in [0, 0.1) is 0 Å². The molecule has 34 heavy (non-hydrogen) atoms. The summed E-state index contributed by atoms with van der Waals surface area (Å²) in [5, 5.41) is 2.93. The highest BCUT2D eigenvalue weighted by Crippen LogP contribution is 2.37. The fourth-order valence-corrected chi connectivity index (χ4v) is 3.80. The Morgan fingerprint density at radius 2 is 1.79 bits per heavy atom. The Bertz CT molecular complexity index is 1240. The molecule has 9 nitrogen and oxygen atoms in total. The van der Waals surface area contributed by atoms with E-state index in [1.54, 1.807) is 30.0 Å². The number of sulfonamides is 1. The van der Waals surface area contributed by atoms with Crippen molar-refractivity contribution >= 4 is 26.7 Å². The lowest BCUT2D eigenvalue weighted by Gasteiger charge is -2.31. The van der Waals surface area contributed by atoms with Gasteiger partial charge in [0.15, 0.2) is 5.60 Å². The Morgan fingerprint density at radius 1 is 1.09 bits per heavy atom. The summed E-state index contributed by atoms with van der Waals surface area (Å²) in [4.78, 5) is 14.3. The van der Waals surface area contributed by atoms with Crippen LogP contribution in [0.2, 0.25) is 0 Å². The van der Waals surface area contributed by atoms with Gasteiger partial charge in [-0.1, -0.05) is 23.1 Å². The van der Waals surface area contributed by atoms with Gasteiger partial charge in [-0.05, 0) is 26.0 Å². The average molecular weight is 500 g/mol. The average Bonchev–Trinajstić information content (AvgIpc) is 2.81. The van der Waals surface area contributed by atoms with Crippen LogP contribution in [0.25, 0.3) is 10.9 Å². The molecule has 0 saturated carbocycles. The minimum Gasteiger partial charge on any atom is -0.497 e. The molecule has 0 radical (unpaired) electrons. The van der Waals surface area contributed by atoms with Gasteiger partial charge in [0.05, 0.1) is 36.1 Å². The first kappa shape index (κ1) is 25.5. The summed E-state index contributed by atoms with van der Waals surface area (Å²) >= 11 is 0. The number of ether oxygens (including phenoxy) is 2. The number of benzene rings is 2. The second-order valence-electron chi connectivity index (χ2n) is 7.26. The molecule has 0 aliphatic carbocycles. The van der Waals surface area contributed by atoms with E-state index in [4.69, 9.17) is 14.3 Å². The summed E-state index contributed by atoms with van der Waals surface area (Å²) in [6.07, 6.45) is -3.78. The Hall–Kier alpha value is -3.16. The minimum absolute atomic E-state index is 0.0427. The third-order valence-corrected chi connectivity index (χ3v) is 6.03. The van der Waals surface area contributed by atoms with Crippen molar-refractivity contribution < 1.29 is 35.9 Å². The monoisotopic (exact) mass is 500 g/mol. The molecule has 0 spiro atoms. The van der Waals surface area contributed by atoms with E-state index in [2.05, 4.69) is 15.3 Å². The Labute approximate surface area is 194 Å². The maximum absolute atomic E-state index is 13.9. The number of nitrogens with zero attached hydrogens (tertiary/aromatic N) is 2. The maximum atomic E-state index is 13.9. The van der Waals surface area contributed by atoms with Gasteiger partial charge in [-0.2, -0.15) is 13.2 Å². The van der Waals surface area contributed by atoms with Crippen molar-refractivity contribution in [1.82, 2.24) is 14.9 Å². The lowest BCUT2D eigenvalue weighted by molar-refractivity contribution is -0.274. The summed E-state index contributed by atoms with van der Waals surface area (Å²) in [5.74, 6) is 0.792. The Balaban J connectivity index is 1.89. The van der Waals surface area contributed by atoms with Gasteiger partial charge >= 0.3 is 6.18 Å². The van der Waals surface area contributed by atoms with Crippen molar-refractivity contribution in [2.45, 2.75) is 30.5 Å². The van der Waals surface area contributed by atoms with Gasteiger partial charge in [0.2, 0.25) is 0 Å². The summed E-state index contributed by atoms with van der Waals surface area (Å²) in [5.41, 5.74) is -2.58. The molecule has 0 amide bonds. The predicted octanol–water partition coefficient (Wildman–Crippen LogP) is 3.68. The molecule has 2 aromatic carbocycles. The molecule has 184 valence electrons. The van der Waals surface area contributed by atoms with E-state index in [0.29, 0.717) is 29.3 Å². The fourth-order valence-electron chi connectivity index (χ4n) is 2.89. The number of anilines is 1. The molecule has 1 unspecified atom stereocenters. The number of methoxy groups -OCH3 is 1. The van der Waals surface area contributed by atoms with Crippen molar-refractivity contribution in [3.8, 4) is 11.5 Å². The van der Waals surface area contributed by atoms with E-state index in [1.807, 2.05) is 0 Å². The molecule has 3 rings (SSSR count). The highest BCUT2D eigenvalue weighted by atomic mass is 32.2. The molecule has 0 saturated heterocycles. The van der Waals surface area contributed by atoms with E-state index in [-0.39, 0.29) is 17.3 Å². The first-order valence-electron chi connectivity index (χ1n) is 10.0. The van der Waals surface area contributed by atoms with E-state index in [0.717, 1.165) is 0 Å². The highest BCUT2D eigenvalue weighted by molar-refractivity contribution is 7.89. The summed E-state index contributed by atoms with van der Waals surface area (Å²) in [7, 11) is -2.89. The van der Waals surface area contributed by atoms with Crippen LogP contribution in [0.3, 0.4) is 0 Å². The Kier molecular flexibility index (Phi) is 7.48. The number of hydrogen-bond acceptors (Lipinski definition) is 8. The van der Waals surface area contributed by atoms with Crippen LogP contribution in [-0.2, 0) is 14.9 Å². The number of nitrogens with one attached hydrogen (secondary N) is 2. The molecule has 0 aliphatic rings. The third kappa shape index (κ3) is 5.48. The minimum atomic E-state index is -4.95. The fraction of sp³-hybridized carbons (Fsp3) is 0.333. The first-order valence-corrected chi connectivity index (χ1v) is 11.5. The summed E-state index contributed by atoms with van der Waals surface area (Å²) in [6.45, 7) is 1.86. The number of rotatable bonds is 10. The van der Waals surface area contributed by atoms with Gasteiger partial charge in [-0.25, -0.2) is 18.4 Å². The van der Waals surface area contributed by atoms with Gasteiger partial charge in [-0.15, -0.1) is 0 Å². The van der Waals surface area contributed by atoms with Crippen LogP contribution in [0.5, 0.6) is 11.5 Å². The van der Waals surface area contributed by atoms with Crippen molar-refractivity contribution in [2.75, 3.05) is 25.6 Å². The van der Waals surface area contributed by atoms with Gasteiger partial charge in [0.25, 0.3) is 10.0 Å². The zero-order chi connectivity index (χ0) is 25.0. The molecule has 1 atom stereocenters. The molecule has 13 heteroatoms. The van der Waals surface area contributed by atoms with E-state index in [1.165, 1.54) is 37.7 Å². The second kappa shape index (κ2) is 9.99. The zero-order valence-electron chi connectivity index (χ0n) is 18.5. The van der Waals surface area contributed by atoms with Crippen LogP contribution in [-0.4, -0.2) is 50.4 Å². The topological polar surface area (TPSA) is 112 Å². The van der Waals surface area contributed by atoms with Crippen LogP contribution < -0.4 is 19.7 Å². The standard InChI is InChI=1S/C21H23F3N4O5S/c1-4-32-17-11-14(31-3)10-16-18(17)19(27-13-26-16)25-12-20(2,21(22,23)24)33-28-34(29,30)15-8-6-5-7-9-15/h5-11,13,28H,4,12H2,1-3H3,(H,25,26,27). The number of fused-ring (bicyclic) bond motifs is 1. The van der Waals surface area contributed by atoms with Gasteiger partial charge in [0.1, 0.15) is 23.6 Å². The summed E-state index contributed by atoms with van der Waals surface area (Å²) in [6, 6.07) is 10.0. The first-order chi connectivity index (χ1) is 16.0. The largest absolute Gasteiger partial charge is 0.497 e. The number of alkyl halides is 3. The van der Waals surface area contributed by atoms with E-state index >= 15 is 0 Å². The van der Waals surface area contributed by atoms with Crippen LogP contribution in [0.1, 0.15) is 13.8 Å². The molecule has 3 aromatic rings. The van der Waals surface area contributed by atoms with Crippen molar-refractivity contribution in [3.05, 3.63) is 48.8 Å². The molecular formula is C21H23F3N4O5S. The van der Waals surface area contributed by atoms with Crippen molar-refractivity contribution in [1.29, 1.82) is 0 Å². The maximum Gasteiger partial charge on any atom is 0.420 e. The van der Waals surface area contributed by atoms with Gasteiger partial charge in [0, 0.05) is 12.1 Å². The molecule has 0 fully saturated rings. The number of aromatic nitrogens is 2. The molecule has 1 aromatic heterocycles. The van der Waals surface area contributed by atoms with Crippen molar-refractivity contribution in [3.63, 3.8) is 0 Å². The number of hydrogen-bond donors (Lipinski definition) is 2. The molecule has 1 heterocycles. The molecule has 0 aliphatic heterocycles. The normalized spacial score (nSPS) is 13.9. The lowest BCUT2D eigenvalue weighted by Crippen LogP contribution is -2.53. The molecular weight excluding hydrogens is 477 g/mol. The lowest BCUT2D eigenvalue weighted by atomic mass is 10.1. The van der Waals surface area contributed by atoms with Crippen LogP contribution >= 0.6 is 0 Å². The zero-order valence-corrected chi connectivity index (χ0v) is 19.3.